The minimum absolute atomic E-state index is 0.220. The largest absolute Gasteiger partial charge is 0.496 e. The summed E-state index contributed by atoms with van der Waals surface area (Å²) in [7, 11) is 3.29. The summed E-state index contributed by atoms with van der Waals surface area (Å²) in [6, 6.07) is 3.98. The number of fused-ring (bicyclic) bond motifs is 1. The first kappa shape index (κ1) is 20.7. The van der Waals surface area contributed by atoms with E-state index in [1.165, 1.54) is 0 Å². The lowest BCUT2D eigenvalue weighted by Gasteiger charge is -2.15. The zero-order valence-corrected chi connectivity index (χ0v) is 17.2. The Morgan fingerprint density at radius 3 is 2.48 bits per heavy atom. The molecule has 156 valence electrons. The molecule has 0 atom stereocenters. The van der Waals surface area contributed by atoms with E-state index in [0.29, 0.717) is 29.9 Å². The molecule has 0 saturated heterocycles. The lowest BCUT2D eigenvalue weighted by molar-refractivity contribution is 0.381. The van der Waals surface area contributed by atoms with Gasteiger partial charge in [-0.3, -0.25) is 4.68 Å². The molecule has 0 aliphatic rings. The SMILES string of the molecule is CCCCNc1nc(N)nc2cn(Cc3c(OC)cc(CCN)cc3OC)nc12. The van der Waals surface area contributed by atoms with Gasteiger partial charge in [-0.1, -0.05) is 13.3 Å². The fourth-order valence-corrected chi connectivity index (χ4v) is 3.23. The molecule has 0 spiro atoms. The van der Waals surface area contributed by atoms with Gasteiger partial charge in [0.2, 0.25) is 5.95 Å². The quantitative estimate of drug-likeness (QED) is 0.443. The van der Waals surface area contributed by atoms with Gasteiger partial charge in [0.15, 0.2) is 11.3 Å². The highest BCUT2D eigenvalue weighted by molar-refractivity contribution is 5.85. The van der Waals surface area contributed by atoms with E-state index in [9.17, 15) is 0 Å². The van der Waals surface area contributed by atoms with Crippen LogP contribution in [-0.4, -0.2) is 47.1 Å². The number of nitrogen functional groups attached to an aromatic ring is 1. The highest BCUT2D eigenvalue weighted by atomic mass is 16.5. The number of unbranched alkanes of at least 4 members (excludes halogenated alkanes) is 1. The fraction of sp³-hybridized carbons (Fsp3) is 0.450. The third-order valence-corrected chi connectivity index (χ3v) is 4.67. The van der Waals surface area contributed by atoms with Gasteiger partial charge >= 0.3 is 0 Å². The normalized spacial score (nSPS) is 11.0. The number of methoxy groups -OCH3 is 2. The lowest BCUT2D eigenvalue weighted by Crippen LogP contribution is -2.08. The molecule has 0 fully saturated rings. The van der Waals surface area contributed by atoms with Crippen molar-refractivity contribution in [2.45, 2.75) is 32.7 Å². The van der Waals surface area contributed by atoms with Crippen molar-refractivity contribution >= 4 is 22.8 Å². The minimum Gasteiger partial charge on any atom is -0.496 e. The van der Waals surface area contributed by atoms with E-state index >= 15 is 0 Å². The number of benzene rings is 1. The third-order valence-electron chi connectivity index (χ3n) is 4.67. The van der Waals surface area contributed by atoms with Crippen LogP contribution in [-0.2, 0) is 13.0 Å². The average Bonchev–Trinajstić information content (AvgIpc) is 3.11. The topological polar surface area (TPSA) is 126 Å². The highest BCUT2D eigenvalue weighted by Gasteiger charge is 2.16. The van der Waals surface area contributed by atoms with Crippen molar-refractivity contribution in [3.8, 4) is 11.5 Å². The van der Waals surface area contributed by atoms with Gasteiger partial charge in [0.25, 0.3) is 0 Å². The number of rotatable bonds is 10. The van der Waals surface area contributed by atoms with Gasteiger partial charge in [-0.15, -0.1) is 0 Å². The van der Waals surface area contributed by atoms with Crippen LogP contribution in [0.2, 0.25) is 0 Å². The van der Waals surface area contributed by atoms with E-state index in [4.69, 9.17) is 20.9 Å². The van der Waals surface area contributed by atoms with Gasteiger partial charge in [0.1, 0.15) is 17.0 Å². The van der Waals surface area contributed by atoms with Crippen LogP contribution >= 0.6 is 0 Å². The summed E-state index contributed by atoms with van der Waals surface area (Å²) >= 11 is 0. The van der Waals surface area contributed by atoms with E-state index < -0.39 is 0 Å². The second-order valence-electron chi connectivity index (χ2n) is 6.79. The second-order valence-corrected chi connectivity index (χ2v) is 6.79. The van der Waals surface area contributed by atoms with Crippen LogP contribution in [0.15, 0.2) is 18.3 Å². The Kier molecular flexibility index (Phi) is 6.71. The molecule has 0 bridgehead atoms. The summed E-state index contributed by atoms with van der Waals surface area (Å²) in [5, 5.41) is 7.98. The predicted octanol–water partition coefficient (Wildman–Crippen LogP) is 2.19. The average molecular weight is 399 g/mol. The molecular formula is C20H29N7O2. The van der Waals surface area contributed by atoms with E-state index in [-0.39, 0.29) is 5.95 Å². The van der Waals surface area contributed by atoms with E-state index in [1.54, 1.807) is 18.9 Å². The summed E-state index contributed by atoms with van der Waals surface area (Å²) in [5.41, 5.74) is 14.9. The Morgan fingerprint density at radius 1 is 1.14 bits per heavy atom. The highest BCUT2D eigenvalue weighted by Crippen LogP contribution is 2.32. The van der Waals surface area contributed by atoms with Crippen LogP contribution in [0, 0.1) is 0 Å². The summed E-state index contributed by atoms with van der Waals surface area (Å²) in [5.74, 6) is 2.34. The molecule has 2 heterocycles. The molecule has 3 aromatic rings. The number of aromatic nitrogens is 4. The first-order valence-corrected chi connectivity index (χ1v) is 9.78. The molecule has 0 amide bonds. The summed E-state index contributed by atoms with van der Waals surface area (Å²) < 4.78 is 13.0. The van der Waals surface area contributed by atoms with Crippen LogP contribution < -0.4 is 26.3 Å². The maximum atomic E-state index is 5.88. The fourth-order valence-electron chi connectivity index (χ4n) is 3.23. The number of nitrogens with zero attached hydrogens (tertiary/aromatic N) is 4. The molecule has 0 radical (unpaired) electrons. The Balaban J connectivity index is 1.97. The molecule has 5 N–H and O–H groups in total. The Morgan fingerprint density at radius 2 is 1.86 bits per heavy atom. The van der Waals surface area contributed by atoms with Gasteiger partial charge < -0.3 is 26.3 Å². The van der Waals surface area contributed by atoms with E-state index in [2.05, 4.69) is 27.3 Å². The molecule has 0 aliphatic carbocycles. The molecule has 3 rings (SSSR count). The van der Waals surface area contributed by atoms with Gasteiger partial charge in [-0.25, -0.2) is 4.98 Å². The Bertz CT molecular complexity index is 946. The van der Waals surface area contributed by atoms with Crippen LogP contribution in [0.4, 0.5) is 11.8 Å². The predicted molar refractivity (Wildman–Crippen MR) is 115 cm³/mol. The first-order valence-electron chi connectivity index (χ1n) is 9.78. The van der Waals surface area contributed by atoms with Crippen LogP contribution in [0.3, 0.4) is 0 Å². The number of ether oxygens (including phenoxy) is 2. The summed E-state index contributed by atoms with van der Waals surface area (Å²) in [6.45, 7) is 3.96. The Hall–Kier alpha value is -3.07. The van der Waals surface area contributed by atoms with Crippen molar-refractivity contribution in [1.82, 2.24) is 19.7 Å². The number of nitrogens with two attached hydrogens (primary N) is 2. The molecule has 2 aromatic heterocycles. The summed E-state index contributed by atoms with van der Waals surface area (Å²) in [6.07, 6.45) is 4.73. The maximum Gasteiger partial charge on any atom is 0.222 e. The van der Waals surface area contributed by atoms with Crippen molar-refractivity contribution < 1.29 is 9.47 Å². The maximum absolute atomic E-state index is 5.88. The molecule has 0 aliphatic heterocycles. The molecular weight excluding hydrogens is 370 g/mol. The molecule has 9 nitrogen and oxygen atoms in total. The zero-order valence-electron chi connectivity index (χ0n) is 17.2. The smallest absolute Gasteiger partial charge is 0.222 e. The first-order chi connectivity index (χ1) is 14.1. The van der Waals surface area contributed by atoms with E-state index in [0.717, 1.165) is 48.4 Å². The zero-order chi connectivity index (χ0) is 20.8. The molecule has 0 saturated carbocycles. The number of anilines is 2. The van der Waals surface area contributed by atoms with Gasteiger partial charge in [-0.2, -0.15) is 10.1 Å². The second kappa shape index (κ2) is 9.42. The molecule has 9 heteroatoms. The van der Waals surface area contributed by atoms with Crippen molar-refractivity contribution in [1.29, 1.82) is 0 Å². The van der Waals surface area contributed by atoms with E-state index in [1.807, 2.05) is 18.3 Å². The third kappa shape index (κ3) is 4.68. The lowest BCUT2D eigenvalue weighted by atomic mass is 10.1. The van der Waals surface area contributed by atoms with Crippen molar-refractivity contribution in [3.63, 3.8) is 0 Å². The number of hydrogen-bond acceptors (Lipinski definition) is 8. The van der Waals surface area contributed by atoms with Crippen LogP contribution in [0.1, 0.15) is 30.9 Å². The molecule has 0 unspecified atom stereocenters. The van der Waals surface area contributed by atoms with Crippen molar-refractivity contribution in [2.75, 3.05) is 38.4 Å². The summed E-state index contributed by atoms with van der Waals surface area (Å²) in [4.78, 5) is 8.63. The number of nitrogens with one attached hydrogen (secondary N) is 1. The van der Waals surface area contributed by atoms with Crippen molar-refractivity contribution in [2.24, 2.45) is 5.73 Å². The van der Waals surface area contributed by atoms with Gasteiger partial charge in [0, 0.05) is 6.54 Å². The monoisotopic (exact) mass is 399 g/mol. The Labute approximate surface area is 170 Å². The molecule has 29 heavy (non-hydrogen) atoms. The minimum atomic E-state index is 0.220. The molecule has 1 aromatic carbocycles. The van der Waals surface area contributed by atoms with Gasteiger partial charge in [0.05, 0.1) is 32.5 Å². The van der Waals surface area contributed by atoms with Crippen LogP contribution in [0.25, 0.3) is 11.0 Å². The standard InChI is InChI=1S/C20H29N7O2/c1-4-5-8-23-19-18-15(24-20(22)25-19)12-27(26-18)11-14-16(28-2)9-13(6-7-21)10-17(14)29-3/h9-10,12H,4-8,11,21H2,1-3H3,(H3,22,23,24,25). The number of hydrogen-bond donors (Lipinski definition) is 3. The van der Waals surface area contributed by atoms with Crippen molar-refractivity contribution in [3.05, 3.63) is 29.5 Å². The van der Waals surface area contributed by atoms with Crippen LogP contribution in [0.5, 0.6) is 11.5 Å². The van der Waals surface area contributed by atoms with Gasteiger partial charge in [-0.05, 0) is 37.1 Å².